The highest BCUT2D eigenvalue weighted by molar-refractivity contribution is 9.10. The van der Waals surface area contributed by atoms with Crippen LogP contribution in [-0.2, 0) is 6.42 Å². The van der Waals surface area contributed by atoms with E-state index in [4.69, 9.17) is 4.74 Å². The molecule has 1 aliphatic carbocycles. The number of likely N-dealkylation sites (tertiary alicyclic amines) is 1. The third-order valence-electron chi connectivity index (χ3n) is 6.56. The maximum absolute atomic E-state index is 5.39. The van der Waals surface area contributed by atoms with Gasteiger partial charge in [0, 0.05) is 17.1 Å². The number of hydrogen-bond donors (Lipinski definition) is 1. The molecule has 3 nitrogen and oxygen atoms in total. The molecule has 1 saturated carbocycles. The largest absolute Gasteiger partial charge is 0.497 e. The summed E-state index contributed by atoms with van der Waals surface area (Å²) in [6.07, 6.45) is 10.9. The molecule has 1 aliphatic heterocycles. The van der Waals surface area contributed by atoms with E-state index < -0.39 is 0 Å². The van der Waals surface area contributed by atoms with E-state index in [2.05, 4.69) is 45.2 Å². The molecule has 1 atom stereocenters. The molecule has 0 spiro atoms. The number of rotatable bonds is 9. The number of ether oxygens (including phenoxy) is 1. The van der Waals surface area contributed by atoms with Gasteiger partial charge in [-0.1, -0.05) is 22.9 Å². The van der Waals surface area contributed by atoms with Crippen LogP contribution in [0.15, 0.2) is 22.7 Å². The van der Waals surface area contributed by atoms with Crippen molar-refractivity contribution in [2.24, 2.45) is 11.8 Å². The zero-order valence-electron chi connectivity index (χ0n) is 17.2. The minimum atomic E-state index is 0.781. The fraction of sp³-hybridized carbons (Fsp3) is 0.739. The maximum atomic E-state index is 5.39. The average Bonchev–Trinajstić information content (AvgIpc) is 3.12. The third kappa shape index (κ3) is 6.47. The monoisotopic (exact) mass is 436 g/mol. The lowest BCUT2D eigenvalue weighted by molar-refractivity contribution is 0.256. The van der Waals surface area contributed by atoms with E-state index in [-0.39, 0.29) is 0 Å². The molecule has 27 heavy (non-hydrogen) atoms. The molecule has 0 amide bonds. The molecule has 1 N–H and O–H groups in total. The van der Waals surface area contributed by atoms with Crippen molar-refractivity contribution in [2.45, 2.75) is 64.3 Å². The number of nitrogens with one attached hydrogen (secondary N) is 1. The fourth-order valence-electron chi connectivity index (χ4n) is 4.98. The topological polar surface area (TPSA) is 24.5 Å². The third-order valence-corrected chi connectivity index (χ3v) is 7.33. The highest BCUT2D eigenvalue weighted by atomic mass is 79.9. The normalized spacial score (nSPS) is 26.4. The standard InChI is InChI=1S/C23H37BrN2O/c1-3-25-21-8-6-18(7-9-21)5-4-13-26-14-12-19(17-26)15-20-16-22(27-2)10-11-23(20)24/h10-11,16,18-19,21,25H,3-9,12-15,17H2,1-2H3/t18-,19?,21+. The molecule has 1 heterocycles. The van der Waals surface area contributed by atoms with Gasteiger partial charge in [-0.3, -0.25) is 0 Å². The number of methoxy groups -OCH3 is 1. The van der Waals surface area contributed by atoms with Gasteiger partial charge in [0.2, 0.25) is 0 Å². The first-order valence-electron chi connectivity index (χ1n) is 11.0. The van der Waals surface area contributed by atoms with E-state index in [1.165, 1.54) is 74.6 Å². The van der Waals surface area contributed by atoms with Crippen LogP contribution >= 0.6 is 15.9 Å². The number of benzene rings is 1. The summed E-state index contributed by atoms with van der Waals surface area (Å²) in [5, 5.41) is 3.62. The summed E-state index contributed by atoms with van der Waals surface area (Å²) in [6.45, 7) is 7.18. The lowest BCUT2D eigenvalue weighted by atomic mass is 9.83. The summed E-state index contributed by atoms with van der Waals surface area (Å²) in [5.41, 5.74) is 1.39. The van der Waals surface area contributed by atoms with Crippen LogP contribution in [0.3, 0.4) is 0 Å². The molecule has 0 bridgehead atoms. The van der Waals surface area contributed by atoms with Crippen molar-refractivity contribution in [1.82, 2.24) is 10.2 Å². The van der Waals surface area contributed by atoms with Crippen LogP contribution in [0.1, 0.15) is 57.4 Å². The second kappa shape index (κ2) is 10.8. The van der Waals surface area contributed by atoms with E-state index >= 15 is 0 Å². The van der Waals surface area contributed by atoms with Crippen molar-refractivity contribution >= 4 is 15.9 Å². The number of nitrogens with zero attached hydrogens (tertiary/aromatic N) is 1. The van der Waals surface area contributed by atoms with Crippen LogP contribution in [0, 0.1) is 11.8 Å². The van der Waals surface area contributed by atoms with Crippen LogP contribution in [0.25, 0.3) is 0 Å². The number of halogens is 1. The van der Waals surface area contributed by atoms with E-state index in [0.29, 0.717) is 0 Å². The smallest absolute Gasteiger partial charge is 0.119 e. The predicted molar refractivity (Wildman–Crippen MR) is 118 cm³/mol. The fourth-order valence-corrected chi connectivity index (χ4v) is 5.38. The van der Waals surface area contributed by atoms with Gasteiger partial charge in [0.05, 0.1) is 7.11 Å². The highest BCUT2D eigenvalue weighted by Crippen LogP contribution is 2.30. The van der Waals surface area contributed by atoms with Gasteiger partial charge in [0.25, 0.3) is 0 Å². The van der Waals surface area contributed by atoms with Crippen molar-refractivity contribution in [1.29, 1.82) is 0 Å². The zero-order valence-corrected chi connectivity index (χ0v) is 18.8. The lowest BCUT2D eigenvalue weighted by Gasteiger charge is -2.29. The summed E-state index contributed by atoms with van der Waals surface area (Å²) in [5.74, 6) is 2.72. The first-order valence-corrected chi connectivity index (χ1v) is 11.7. The van der Waals surface area contributed by atoms with Crippen molar-refractivity contribution in [3.63, 3.8) is 0 Å². The summed E-state index contributed by atoms with van der Waals surface area (Å²) in [4.78, 5) is 2.70. The summed E-state index contributed by atoms with van der Waals surface area (Å²) in [6, 6.07) is 7.13. The van der Waals surface area contributed by atoms with Gasteiger partial charge in [0.1, 0.15) is 5.75 Å². The van der Waals surface area contributed by atoms with Crippen molar-refractivity contribution in [3.05, 3.63) is 28.2 Å². The van der Waals surface area contributed by atoms with Gasteiger partial charge >= 0.3 is 0 Å². The van der Waals surface area contributed by atoms with Crippen LogP contribution in [-0.4, -0.2) is 44.2 Å². The minimum Gasteiger partial charge on any atom is -0.497 e. The molecule has 3 rings (SSSR count). The SMILES string of the molecule is CCN[C@H]1CC[C@@H](CCCN2CCC(Cc3cc(OC)ccc3Br)C2)CC1. The molecule has 1 aromatic rings. The first kappa shape index (κ1) is 21.1. The summed E-state index contributed by atoms with van der Waals surface area (Å²) < 4.78 is 6.61. The Bertz CT molecular complexity index is 571. The lowest BCUT2D eigenvalue weighted by Crippen LogP contribution is -2.33. The summed E-state index contributed by atoms with van der Waals surface area (Å²) in [7, 11) is 1.75. The maximum Gasteiger partial charge on any atom is 0.119 e. The molecule has 1 aromatic carbocycles. The molecule has 1 unspecified atom stereocenters. The molecule has 2 aliphatic rings. The Balaban J connectivity index is 1.34. The van der Waals surface area contributed by atoms with E-state index in [0.717, 1.165) is 36.6 Å². The van der Waals surface area contributed by atoms with Gasteiger partial charge in [-0.25, -0.2) is 0 Å². The van der Waals surface area contributed by atoms with Crippen LogP contribution in [0.5, 0.6) is 5.75 Å². The Kier molecular flexibility index (Phi) is 8.47. The predicted octanol–water partition coefficient (Wildman–Crippen LogP) is 5.27. The van der Waals surface area contributed by atoms with Gasteiger partial charge in [-0.15, -0.1) is 0 Å². The summed E-state index contributed by atoms with van der Waals surface area (Å²) >= 11 is 3.71. The molecule has 0 radical (unpaired) electrons. The highest BCUT2D eigenvalue weighted by Gasteiger charge is 2.24. The van der Waals surface area contributed by atoms with Crippen molar-refractivity contribution < 1.29 is 4.74 Å². The molecular weight excluding hydrogens is 400 g/mol. The van der Waals surface area contributed by atoms with E-state index in [1.807, 2.05) is 6.07 Å². The molecule has 0 aromatic heterocycles. The van der Waals surface area contributed by atoms with Gasteiger partial charge in [-0.05, 0) is 107 Å². The molecule has 2 fully saturated rings. The quantitative estimate of drug-likeness (QED) is 0.570. The minimum absolute atomic E-state index is 0.781. The van der Waals surface area contributed by atoms with Crippen LogP contribution < -0.4 is 10.1 Å². The second-order valence-electron chi connectivity index (χ2n) is 8.53. The molecule has 4 heteroatoms. The van der Waals surface area contributed by atoms with Crippen molar-refractivity contribution in [3.8, 4) is 5.75 Å². The van der Waals surface area contributed by atoms with Gasteiger partial charge < -0.3 is 15.0 Å². The van der Waals surface area contributed by atoms with Gasteiger partial charge in [-0.2, -0.15) is 0 Å². The Morgan fingerprint density at radius 2 is 1.96 bits per heavy atom. The Hall–Kier alpha value is -0.580. The first-order chi connectivity index (χ1) is 13.2. The second-order valence-corrected chi connectivity index (χ2v) is 9.39. The molecule has 1 saturated heterocycles. The van der Waals surface area contributed by atoms with Crippen LogP contribution in [0.2, 0.25) is 0 Å². The van der Waals surface area contributed by atoms with Crippen LogP contribution in [0.4, 0.5) is 0 Å². The Morgan fingerprint density at radius 1 is 1.15 bits per heavy atom. The number of hydrogen-bond acceptors (Lipinski definition) is 3. The Labute approximate surface area is 174 Å². The molecular formula is C23H37BrN2O. The molecule has 152 valence electrons. The average molecular weight is 437 g/mol. The van der Waals surface area contributed by atoms with E-state index in [9.17, 15) is 0 Å². The van der Waals surface area contributed by atoms with Crippen molar-refractivity contribution in [2.75, 3.05) is 33.3 Å². The zero-order chi connectivity index (χ0) is 19.1. The van der Waals surface area contributed by atoms with Gasteiger partial charge in [0.15, 0.2) is 0 Å². The Morgan fingerprint density at radius 3 is 2.70 bits per heavy atom. The van der Waals surface area contributed by atoms with E-state index in [1.54, 1.807) is 7.11 Å².